The molecule has 0 spiro atoms. The van der Waals surface area contributed by atoms with Gasteiger partial charge >= 0.3 is 11.9 Å². The average Bonchev–Trinajstić information content (AvgIpc) is 3.10. The maximum Gasteiger partial charge on any atom is 0.326 e. The van der Waals surface area contributed by atoms with Crippen molar-refractivity contribution in [3.05, 3.63) is 22.4 Å². The van der Waals surface area contributed by atoms with Crippen molar-refractivity contribution in [1.82, 2.24) is 4.90 Å². The molecule has 0 bridgehead atoms. The molecule has 1 aromatic rings. The number of hydrogen-bond acceptors (Lipinski definition) is 5. The van der Waals surface area contributed by atoms with E-state index in [0.717, 1.165) is 4.88 Å². The van der Waals surface area contributed by atoms with Gasteiger partial charge in [-0.15, -0.1) is 11.3 Å². The Balaban J connectivity index is 2.64. The van der Waals surface area contributed by atoms with E-state index >= 15 is 0 Å². The van der Waals surface area contributed by atoms with Crippen LogP contribution in [0.3, 0.4) is 0 Å². The van der Waals surface area contributed by atoms with Crippen molar-refractivity contribution in [2.75, 3.05) is 7.11 Å². The fraction of sp³-hybridized carbons (Fsp3) is 0.588. The molecular weight excluding hydrogens is 330 g/mol. The lowest BCUT2D eigenvalue weighted by Gasteiger charge is -2.36. The standard InChI is InChI=1S/C17H23NO5S/c1-16(2,3)14(21)18-10(13(19)20)9-17(4,15(22)23-5)12(18)11-7-6-8-24-11/h6-8,10,12H,9H2,1-5H3,(H,19,20)/t10-,12-,17-/m0/s1. The molecule has 24 heavy (non-hydrogen) atoms. The van der Waals surface area contributed by atoms with Crippen LogP contribution in [0.1, 0.15) is 45.0 Å². The van der Waals surface area contributed by atoms with Crippen LogP contribution in [0.4, 0.5) is 0 Å². The normalized spacial score (nSPS) is 27.1. The number of thiophene rings is 1. The SMILES string of the molecule is COC(=O)[C@@]1(C)C[C@@H](C(=O)O)N(C(=O)C(C)(C)C)[C@H]1c1cccs1. The summed E-state index contributed by atoms with van der Waals surface area (Å²) >= 11 is 1.40. The molecule has 0 unspecified atom stereocenters. The highest BCUT2D eigenvalue weighted by Crippen LogP contribution is 2.53. The Bertz CT molecular complexity index is 648. The van der Waals surface area contributed by atoms with Gasteiger partial charge in [-0.1, -0.05) is 26.8 Å². The molecule has 1 N–H and O–H groups in total. The maximum absolute atomic E-state index is 13.0. The lowest BCUT2D eigenvalue weighted by molar-refractivity contribution is -0.157. The topological polar surface area (TPSA) is 83.9 Å². The number of carbonyl (C=O) groups excluding carboxylic acids is 2. The van der Waals surface area contributed by atoms with Crippen LogP contribution in [0, 0.1) is 10.8 Å². The number of nitrogens with zero attached hydrogens (tertiary/aromatic N) is 1. The van der Waals surface area contributed by atoms with Crippen molar-refractivity contribution in [3.8, 4) is 0 Å². The lowest BCUT2D eigenvalue weighted by Crippen LogP contribution is -2.47. The molecule has 1 aromatic heterocycles. The number of ether oxygens (including phenoxy) is 1. The first-order valence-corrected chi connectivity index (χ1v) is 8.59. The fourth-order valence-electron chi connectivity index (χ4n) is 3.28. The number of aliphatic carboxylic acids is 1. The number of likely N-dealkylation sites (tertiary alicyclic amines) is 1. The molecule has 2 heterocycles. The highest BCUT2D eigenvalue weighted by atomic mass is 32.1. The second kappa shape index (κ2) is 6.20. The van der Waals surface area contributed by atoms with Gasteiger partial charge in [0.25, 0.3) is 0 Å². The van der Waals surface area contributed by atoms with Gasteiger partial charge in [-0.25, -0.2) is 4.79 Å². The van der Waals surface area contributed by atoms with Crippen molar-refractivity contribution in [1.29, 1.82) is 0 Å². The third-order valence-corrected chi connectivity index (χ3v) is 5.39. The van der Waals surface area contributed by atoms with Gasteiger partial charge in [-0.3, -0.25) is 9.59 Å². The molecule has 1 amide bonds. The molecule has 1 aliphatic rings. The summed E-state index contributed by atoms with van der Waals surface area (Å²) in [6, 6.07) is 1.93. The van der Waals surface area contributed by atoms with Crippen molar-refractivity contribution in [2.24, 2.45) is 10.8 Å². The highest BCUT2D eigenvalue weighted by molar-refractivity contribution is 7.10. The van der Waals surface area contributed by atoms with Crippen molar-refractivity contribution in [3.63, 3.8) is 0 Å². The Kier molecular flexibility index (Phi) is 4.77. The number of amides is 1. The first kappa shape index (κ1) is 18.4. The van der Waals surface area contributed by atoms with E-state index in [1.54, 1.807) is 27.7 Å². The Labute approximate surface area is 145 Å². The minimum absolute atomic E-state index is 0.0272. The smallest absolute Gasteiger partial charge is 0.326 e. The molecule has 3 atom stereocenters. The number of carboxylic acid groups (broad SMARTS) is 1. The van der Waals surface area contributed by atoms with E-state index in [0.29, 0.717) is 0 Å². The number of hydrogen-bond donors (Lipinski definition) is 1. The van der Waals surface area contributed by atoms with Crippen LogP contribution < -0.4 is 0 Å². The van der Waals surface area contributed by atoms with Crippen molar-refractivity contribution in [2.45, 2.75) is 46.2 Å². The van der Waals surface area contributed by atoms with Gasteiger partial charge in [0.2, 0.25) is 5.91 Å². The highest BCUT2D eigenvalue weighted by Gasteiger charge is 2.60. The average molecular weight is 353 g/mol. The van der Waals surface area contributed by atoms with Crippen LogP contribution in [-0.2, 0) is 19.1 Å². The van der Waals surface area contributed by atoms with Gasteiger partial charge in [0.15, 0.2) is 0 Å². The Morgan fingerprint density at radius 1 is 1.38 bits per heavy atom. The van der Waals surface area contributed by atoms with E-state index < -0.39 is 34.9 Å². The first-order valence-electron chi connectivity index (χ1n) is 7.71. The Morgan fingerprint density at radius 3 is 2.42 bits per heavy atom. The van der Waals surface area contributed by atoms with Crippen molar-refractivity contribution < 1.29 is 24.2 Å². The number of carboxylic acids is 1. The number of rotatable bonds is 3. The number of methoxy groups -OCH3 is 1. The number of esters is 1. The minimum Gasteiger partial charge on any atom is -0.480 e. The zero-order chi connectivity index (χ0) is 18.3. The summed E-state index contributed by atoms with van der Waals surface area (Å²) in [4.78, 5) is 39.4. The molecule has 132 valence electrons. The summed E-state index contributed by atoms with van der Waals surface area (Å²) in [7, 11) is 1.28. The van der Waals surface area contributed by atoms with E-state index in [2.05, 4.69) is 0 Å². The van der Waals surface area contributed by atoms with Crippen LogP contribution in [0.15, 0.2) is 17.5 Å². The molecule has 1 fully saturated rings. The van der Waals surface area contributed by atoms with Crippen LogP contribution in [0.25, 0.3) is 0 Å². The molecule has 7 heteroatoms. The zero-order valence-electron chi connectivity index (χ0n) is 14.5. The number of carbonyl (C=O) groups is 3. The Morgan fingerprint density at radius 2 is 2.00 bits per heavy atom. The van der Waals surface area contributed by atoms with E-state index in [1.807, 2.05) is 17.5 Å². The molecule has 0 radical (unpaired) electrons. The molecule has 0 aliphatic carbocycles. The zero-order valence-corrected chi connectivity index (χ0v) is 15.3. The van der Waals surface area contributed by atoms with Crippen molar-refractivity contribution >= 4 is 29.2 Å². The summed E-state index contributed by atoms with van der Waals surface area (Å²) in [5.41, 5.74) is -1.87. The fourth-order valence-corrected chi connectivity index (χ4v) is 4.25. The third kappa shape index (κ3) is 2.92. The van der Waals surface area contributed by atoms with Gasteiger partial charge in [0.1, 0.15) is 6.04 Å². The van der Waals surface area contributed by atoms with Gasteiger partial charge < -0.3 is 14.7 Å². The predicted octanol–water partition coefficient (Wildman–Crippen LogP) is 2.70. The summed E-state index contributed by atoms with van der Waals surface area (Å²) in [6.45, 7) is 6.91. The van der Waals surface area contributed by atoms with Crippen LogP contribution >= 0.6 is 11.3 Å². The molecule has 1 aliphatic heterocycles. The van der Waals surface area contributed by atoms with Gasteiger partial charge in [0, 0.05) is 10.3 Å². The maximum atomic E-state index is 13.0. The summed E-state index contributed by atoms with van der Waals surface area (Å²) in [6.07, 6.45) is 0.0272. The monoisotopic (exact) mass is 353 g/mol. The van der Waals surface area contributed by atoms with E-state index in [4.69, 9.17) is 4.74 Å². The second-order valence-corrected chi connectivity index (χ2v) is 8.33. The second-order valence-electron chi connectivity index (χ2n) is 7.35. The minimum atomic E-state index is -1.11. The molecule has 2 rings (SSSR count). The summed E-state index contributed by atoms with van der Waals surface area (Å²) in [5.74, 6) is -1.90. The van der Waals surface area contributed by atoms with Gasteiger partial charge in [0.05, 0.1) is 18.6 Å². The van der Waals surface area contributed by atoms with Crippen LogP contribution in [-0.4, -0.2) is 41.0 Å². The Hall–Kier alpha value is -1.89. The lowest BCUT2D eigenvalue weighted by atomic mass is 9.80. The molecule has 1 saturated heterocycles. The quantitative estimate of drug-likeness (QED) is 0.845. The molecule has 0 saturated carbocycles. The van der Waals surface area contributed by atoms with Gasteiger partial charge in [-0.05, 0) is 24.8 Å². The van der Waals surface area contributed by atoms with Crippen LogP contribution in [0.2, 0.25) is 0 Å². The largest absolute Gasteiger partial charge is 0.480 e. The summed E-state index contributed by atoms with van der Waals surface area (Å²) < 4.78 is 4.94. The molecular formula is C17H23NO5S. The van der Waals surface area contributed by atoms with E-state index in [-0.39, 0.29) is 12.3 Å². The summed E-state index contributed by atoms with van der Waals surface area (Å²) in [5, 5.41) is 11.5. The van der Waals surface area contributed by atoms with Crippen LogP contribution in [0.5, 0.6) is 0 Å². The predicted molar refractivity (Wildman–Crippen MR) is 89.5 cm³/mol. The molecule has 6 nitrogen and oxygen atoms in total. The first-order chi connectivity index (χ1) is 11.0. The third-order valence-electron chi connectivity index (χ3n) is 4.46. The van der Waals surface area contributed by atoms with E-state index in [1.165, 1.54) is 23.3 Å². The molecule has 0 aromatic carbocycles. The van der Waals surface area contributed by atoms with E-state index in [9.17, 15) is 19.5 Å². The van der Waals surface area contributed by atoms with Gasteiger partial charge in [-0.2, -0.15) is 0 Å².